The average Bonchev–Trinajstić information content (AvgIpc) is 3.49. The molecule has 8 rings (SSSR count). The van der Waals surface area contributed by atoms with Gasteiger partial charge in [0.25, 0.3) is 0 Å². The van der Waals surface area contributed by atoms with E-state index in [0.29, 0.717) is 0 Å². The van der Waals surface area contributed by atoms with Gasteiger partial charge in [-0.3, -0.25) is 0 Å². The quantitative estimate of drug-likeness (QED) is 0.252. The fraction of sp³-hybridized carbons (Fsp3) is 0. The van der Waals surface area contributed by atoms with Crippen molar-refractivity contribution in [2.45, 2.75) is 0 Å². The molecule has 0 saturated heterocycles. The van der Waals surface area contributed by atoms with Gasteiger partial charge < -0.3 is 8.98 Å². The van der Waals surface area contributed by atoms with Crippen molar-refractivity contribution in [1.82, 2.24) is 4.57 Å². The normalized spacial score (nSPS) is 11.9. The van der Waals surface area contributed by atoms with Crippen molar-refractivity contribution < 1.29 is 4.42 Å². The third-order valence-corrected chi connectivity index (χ3v) is 7.37. The van der Waals surface area contributed by atoms with Crippen molar-refractivity contribution in [1.29, 1.82) is 0 Å². The molecule has 0 radical (unpaired) electrons. The van der Waals surface area contributed by atoms with Crippen molar-refractivity contribution in [2.75, 3.05) is 0 Å². The standard InChI is InChI=1S/C34H21NO/c1-2-8-22(9-3-1)25-15-19-32-30(21-25)29-18-17-28-27-12-6-7-13-31(27)35(33(28)34(29)36-32)26-16-14-23-10-4-5-11-24(23)20-26/h1-21H. The average molecular weight is 460 g/mol. The number of hydrogen-bond acceptors (Lipinski definition) is 1. The molecule has 8 aromatic rings. The monoisotopic (exact) mass is 459 g/mol. The Hall–Kier alpha value is -4.82. The van der Waals surface area contributed by atoms with E-state index >= 15 is 0 Å². The molecule has 0 N–H and O–H groups in total. The molecule has 0 saturated carbocycles. The molecule has 0 aliphatic heterocycles. The van der Waals surface area contributed by atoms with Crippen LogP contribution in [0.2, 0.25) is 0 Å². The maximum absolute atomic E-state index is 6.61. The first-order valence-electron chi connectivity index (χ1n) is 12.3. The summed E-state index contributed by atoms with van der Waals surface area (Å²) in [6, 6.07) is 45.3. The molecule has 0 spiro atoms. The molecule has 0 aliphatic rings. The molecular weight excluding hydrogens is 438 g/mol. The number of rotatable bonds is 2. The van der Waals surface area contributed by atoms with Crippen molar-refractivity contribution in [3.05, 3.63) is 127 Å². The SMILES string of the molecule is c1ccc(-c2ccc3oc4c(ccc5c6ccccc6n(-c6ccc7ccccc7c6)c54)c3c2)cc1. The van der Waals surface area contributed by atoms with Crippen LogP contribution in [0.15, 0.2) is 132 Å². The zero-order chi connectivity index (χ0) is 23.6. The van der Waals surface area contributed by atoms with Gasteiger partial charge in [0, 0.05) is 27.2 Å². The molecule has 0 unspecified atom stereocenters. The molecule has 36 heavy (non-hydrogen) atoms. The Balaban J connectivity index is 1.49. The number of hydrogen-bond donors (Lipinski definition) is 0. The number of furan rings is 1. The van der Waals surface area contributed by atoms with E-state index < -0.39 is 0 Å². The molecule has 0 aliphatic carbocycles. The van der Waals surface area contributed by atoms with Gasteiger partial charge in [-0.25, -0.2) is 0 Å². The van der Waals surface area contributed by atoms with E-state index in [1.54, 1.807) is 0 Å². The predicted octanol–water partition coefficient (Wildman–Crippen LogP) is 9.50. The number of nitrogens with zero attached hydrogens (tertiary/aromatic N) is 1. The Labute approximate surface area is 207 Å². The Morgan fingerprint density at radius 2 is 1.25 bits per heavy atom. The summed E-state index contributed by atoms with van der Waals surface area (Å²) in [5.74, 6) is 0. The van der Waals surface area contributed by atoms with Crippen LogP contribution in [0.25, 0.3) is 71.3 Å². The zero-order valence-corrected chi connectivity index (χ0v) is 19.5. The fourth-order valence-corrected chi connectivity index (χ4v) is 5.68. The summed E-state index contributed by atoms with van der Waals surface area (Å²) < 4.78 is 8.98. The highest BCUT2D eigenvalue weighted by Crippen LogP contribution is 2.41. The van der Waals surface area contributed by atoms with Gasteiger partial charge in [-0.1, -0.05) is 91.0 Å². The minimum Gasteiger partial charge on any atom is -0.454 e. The number of aromatic nitrogens is 1. The lowest BCUT2D eigenvalue weighted by atomic mass is 10.0. The van der Waals surface area contributed by atoms with Crippen molar-refractivity contribution >= 4 is 54.5 Å². The van der Waals surface area contributed by atoms with Crippen LogP contribution in [0.5, 0.6) is 0 Å². The van der Waals surface area contributed by atoms with Crippen LogP contribution in [-0.2, 0) is 0 Å². The summed E-state index contributed by atoms with van der Waals surface area (Å²) in [6.45, 7) is 0. The molecular formula is C34H21NO. The lowest BCUT2D eigenvalue weighted by Gasteiger charge is -2.09. The van der Waals surface area contributed by atoms with Crippen LogP contribution in [0.1, 0.15) is 0 Å². The summed E-state index contributed by atoms with van der Waals surface area (Å²) in [7, 11) is 0. The topological polar surface area (TPSA) is 18.1 Å². The maximum atomic E-state index is 6.61. The van der Waals surface area contributed by atoms with Gasteiger partial charge in [0.05, 0.1) is 11.0 Å². The second-order valence-corrected chi connectivity index (χ2v) is 9.40. The van der Waals surface area contributed by atoms with Gasteiger partial charge in [0.15, 0.2) is 5.58 Å². The summed E-state index contributed by atoms with van der Waals surface area (Å²) in [5.41, 5.74) is 7.67. The van der Waals surface area contributed by atoms with Gasteiger partial charge >= 0.3 is 0 Å². The van der Waals surface area contributed by atoms with Crippen LogP contribution in [0.3, 0.4) is 0 Å². The molecule has 0 atom stereocenters. The fourth-order valence-electron chi connectivity index (χ4n) is 5.68. The smallest absolute Gasteiger partial charge is 0.160 e. The molecule has 2 heterocycles. The second-order valence-electron chi connectivity index (χ2n) is 9.40. The summed E-state index contributed by atoms with van der Waals surface area (Å²) in [6.07, 6.45) is 0. The van der Waals surface area contributed by atoms with Crippen molar-refractivity contribution in [3.63, 3.8) is 0 Å². The van der Waals surface area contributed by atoms with E-state index in [0.717, 1.165) is 33.1 Å². The van der Waals surface area contributed by atoms with Crippen LogP contribution in [0, 0.1) is 0 Å². The van der Waals surface area contributed by atoms with E-state index in [9.17, 15) is 0 Å². The molecule has 6 aromatic carbocycles. The van der Waals surface area contributed by atoms with E-state index in [1.165, 1.54) is 38.2 Å². The molecule has 2 nitrogen and oxygen atoms in total. The Morgan fingerprint density at radius 3 is 2.17 bits per heavy atom. The van der Waals surface area contributed by atoms with Crippen LogP contribution in [-0.4, -0.2) is 4.57 Å². The second kappa shape index (κ2) is 7.34. The number of para-hydroxylation sites is 1. The molecule has 0 fully saturated rings. The lowest BCUT2D eigenvalue weighted by molar-refractivity contribution is 0.671. The van der Waals surface area contributed by atoms with Crippen molar-refractivity contribution in [2.24, 2.45) is 0 Å². The first kappa shape index (κ1) is 19.5. The van der Waals surface area contributed by atoms with Crippen LogP contribution >= 0.6 is 0 Å². The lowest BCUT2D eigenvalue weighted by Crippen LogP contribution is -1.94. The predicted molar refractivity (Wildman–Crippen MR) is 151 cm³/mol. The van der Waals surface area contributed by atoms with Crippen molar-refractivity contribution in [3.8, 4) is 16.8 Å². The maximum Gasteiger partial charge on any atom is 0.160 e. The highest BCUT2D eigenvalue weighted by Gasteiger charge is 2.19. The van der Waals surface area contributed by atoms with Gasteiger partial charge in [-0.15, -0.1) is 0 Å². The molecule has 2 heteroatoms. The third-order valence-electron chi connectivity index (χ3n) is 7.37. The van der Waals surface area contributed by atoms with Gasteiger partial charge in [-0.2, -0.15) is 0 Å². The number of fused-ring (bicyclic) bond motifs is 8. The van der Waals surface area contributed by atoms with Gasteiger partial charge in [-0.05, 0) is 58.3 Å². The highest BCUT2D eigenvalue weighted by molar-refractivity contribution is 6.21. The minimum absolute atomic E-state index is 0.910. The Kier molecular flexibility index (Phi) is 3.97. The zero-order valence-electron chi connectivity index (χ0n) is 19.5. The molecule has 2 aromatic heterocycles. The Morgan fingerprint density at radius 1 is 0.472 bits per heavy atom. The summed E-state index contributed by atoms with van der Waals surface area (Å²) in [4.78, 5) is 0. The van der Waals surface area contributed by atoms with E-state index in [4.69, 9.17) is 4.42 Å². The number of benzene rings is 6. The minimum atomic E-state index is 0.910. The third kappa shape index (κ3) is 2.73. The van der Waals surface area contributed by atoms with E-state index in [1.807, 2.05) is 0 Å². The first-order valence-corrected chi connectivity index (χ1v) is 12.3. The van der Waals surface area contributed by atoms with Crippen LogP contribution < -0.4 is 0 Å². The van der Waals surface area contributed by atoms with E-state index in [2.05, 4.69) is 132 Å². The molecule has 168 valence electrons. The summed E-state index contributed by atoms with van der Waals surface area (Å²) in [5, 5.41) is 7.18. The molecule has 0 amide bonds. The van der Waals surface area contributed by atoms with Crippen LogP contribution in [0.4, 0.5) is 0 Å². The first-order chi connectivity index (χ1) is 17.8. The highest BCUT2D eigenvalue weighted by atomic mass is 16.3. The van der Waals surface area contributed by atoms with E-state index in [-0.39, 0.29) is 0 Å². The van der Waals surface area contributed by atoms with Gasteiger partial charge in [0.2, 0.25) is 0 Å². The summed E-state index contributed by atoms with van der Waals surface area (Å²) >= 11 is 0. The molecule has 0 bridgehead atoms. The Bertz CT molecular complexity index is 2090. The largest absolute Gasteiger partial charge is 0.454 e. The van der Waals surface area contributed by atoms with Gasteiger partial charge in [0.1, 0.15) is 5.58 Å².